The lowest BCUT2D eigenvalue weighted by molar-refractivity contribution is -0.723. The van der Waals surface area contributed by atoms with Crippen molar-refractivity contribution < 1.29 is 9.13 Å². The van der Waals surface area contributed by atoms with Crippen LogP contribution >= 0.6 is 0 Å². The van der Waals surface area contributed by atoms with Crippen molar-refractivity contribution in [3.63, 3.8) is 0 Å². The van der Waals surface area contributed by atoms with E-state index in [-0.39, 0.29) is 0 Å². The van der Waals surface area contributed by atoms with Crippen molar-refractivity contribution in [2.45, 2.75) is 25.9 Å². The summed E-state index contributed by atoms with van der Waals surface area (Å²) in [6.45, 7) is 2.04. The normalized spacial score (nSPS) is 13.4. The minimum atomic E-state index is 1.02. The average Bonchev–Trinajstić information content (AvgIpc) is 2.87. The van der Waals surface area contributed by atoms with Crippen LogP contribution in [0.2, 0.25) is 0 Å². The van der Waals surface area contributed by atoms with E-state index in [0.717, 1.165) is 25.9 Å². The smallest absolute Gasteiger partial charge is 0.281 e. The fraction of sp³-hybridized carbons (Fsp3) is 0.214. The number of rotatable bonds is 4. The molecular formula is C28H28N4+2. The van der Waals surface area contributed by atoms with Crippen LogP contribution in [0, 0.1) is 0 Å². The number of nitrogens with zero attached hydrogens (tertiary/aromatic N) is 4. The van der Waals surface area contributed by atoms with Crippen LogP contribution in [-0.2, 0) is 25.9 Å². The van der Waals surface area contributed by atoms with Gasteiger partial charge in [0.15, 0.2) is 25.5 Å². The van der Waals surface area contributed by atoms with Crippen LogP contribution in [0.5, 0.6) is 0 Å². The SMILES string of the molecule is CN(c1ccccc1)c1cc2c3[n+](c1)CCc1cc(N(C)c4ccccc4)c[n+](c1-3)CC2. The van der Waals surface area contributed by atoms with Gasteiger partial charge in [0.2, 0.25) is 0 Å². The first-order chi connectivity index (χ1) is 15.7. The van der Waals surface area contributed by atoms with Gasteiger partial charge in [-0.25, -0.2) is 0 Å². The van der Waals surface area contributed by atoms with Crippen LogP contribution in [0.15, 0.2) is 85.2 Å². The lowest BCUT2D eigenvalue weighted by Gasteiger charge is -2.25. The fourth-order valence-corrected chi connectivity index (χ4v) is 5.15. The molecule has 0 saturated carbocycles. The molecule has 0 unspecified atom stereocenters. The molecule has 0 bridgehead atoms. The number of aryl methyl sites for hydroxylation is 4. The summed E-state index contributed by atoms with van der Waals surface area (Å²) in [4.78, 5) is 4.58. The summed E-state index contributed by atoms with van der Waals surface area (Å²) in [6, 6.07) is 26.0. The molecule has 0 atom stereocenters. The summed E-state index contributed by atoms with van der Waals surface area (Å²) < 4.78 is 4.95. The molecule has 0 spiro atoms. The third-order valence-corrected chi connectivity index (χ3v) is 6.93. The summed E-state index contributed by atoms with van der Waals surface area (Å²) in [5.74, 6) is 0. The first-order valence-corrected chi connectivity index (χ1v) is 11.4. The number of hydrogen-bond donors (Lipinski definition) is 0. The van der Waals surface area contributed by atoms with E-state index < -0.39 is 0 Å². The Morgan fingerprint density at radius 1 is 0.562 bits per heavy atom. The summed E-state index contributed by atoms with van der Waals surface area (Å²) >= 11 is 0. The molecule has 2 aliphatic rings. The van der Waals surface area contributed by atoms with E-state index in [1.165, 1.54) is 45.3 Å². The maximum Gasteiger partial charge on any atom is 0.281 e. The van der Waals surface area contributed by atoms with Gasteiger partial charge >= 0.3 is 0 Å². The fourth-order valence-electron chi connectivity index (χ4n) is 5.15. The van der Waals surface area contributed by atoms with E-state index in [4.69, 9.17) is 0 Å². The second-order valence-electron chi connectivity index (χ2n) is 8.82. The lowest BCUT2D eigenvalue weighted by atomic mass is 9.93. The van der Waals surface area contributed by atoms with Gasteiger partial charge < -0.3 is 9.80 Å². The molecule has 4 nitrogen and oxygen atoms in total. The van der Waals surface area contributed by atoms with Crippen LogP contribution in [0.1, 0.15) is 11.1 Å². The zero-order valence-corrected chi connectivity index (χ0v) is 18.7. The summed E-state index contributed by atoms with van der Waals surface area (Å²) in [5, 5.41) is 0. The molecule has 4 aromatic rings. The molecule has 2 aromatic carbocycles. The Kier molecular flexibility index (Phi) is 4.46. The van der Waals surface area contributed by atoms with Crippen LogP contribution in [-0.4, -0.2) is 14.1 Å². The van der Waals surface area contributed by atoms with Crippen molar-refractivity contribution in [2.75, 3.05) is 23.9 Å². The highest BCUT2D eigenvalue weighted by Crippen LogP contribution is 2.34. The van der Waals surface area contributed by atoms with Crippen molar-refractivity contribution >= 4 is 22.7 Å². The number of anilines is 4. The van der Waals surface area contributed by atoms with Gasteiger partial charge in [-0.1, -0.05) is 36.4 Å². The Labute approximate surface area is 189 Å². The van der Waals surface area contributed by atoms with Gasteiger partial charge in [-0.2, -0.15) is 9.13 Å². The second kappa shape index (κ2) is 7.49. The van der Waals surface area contributed by atoms with Crippen molar-refractivity contribution in [2.24, 2.45) is 0 Å². The Bertz CT molecular complexity index is 1140. The van der Waals surface area contributed by atoms with Gasteiger partial charge in [-0.05, 0) is 36.4 Å². The summed E-state index contributed by atoms with van der Waals surface area (Å²) in [7, 11) is 4.33. The molecule has 32 heavy (non-hydrogen) atoms. The van der Waals surface area contributed by atoms with E-state index in [1.54, 1.807) is 0 Å². The van der Waals surface area contributed by atoms with Gasteiger partial charge in [-0.3, -0.25) is 0 Å². The van der Waals surface area contributed by atoms with Gasteiger partial charge in [0.1, 0.15) is 11.4 Å². The van der Waals surface area contributed by atoms with Gasteiger partial charge in [0.05, 0.1) is 0 Å². The summed E-state index contributed by atoms with van der Waals surface area (Å²) in [5.41, 5.74) is 10.7. The van der Waals surface area contributed by atoms with E-state index in [2.05, 4.69) is 118 Å². The number of para-hydroxylation sites is 2. The third-order valence-electron chi connectivity index (χ3n) is 6.93. The molecule has 2 aliphatic heterocycles. The average molecular weight is 421 g/mol. The molecule has 6 rings (SSSR count). The third kappa shape index (κ3) is 3.06. The molecule has 158 valence electrons. The second-order valence-corrected chi connectivity index (χ2v) is 8.82. The minimum Gasteiger partial charge on any atom is -0.340 e. The molecule has 4 heteroatoms. The summed E-state index contributed by atoms with van der Waals surface area (Å²) in [6.07, 6.45) is 6.77. The monoisotopic (exact) mass is 420 g/mol. The number of hydrogen-bond acceptors (Lipinski definition) is 2. The van der Waals surface area contributed by atoms with Crippen LogP contribution in [0.3, 0.4) is 0 Å². The molecule has 0 radical (unpaired) electrons. The van der Waals surface area contributed by atoms with Gasteiger partial charge in [0.25, 0.3) is 11.4 Å². The van der Waals surface area contributed by atoms with Gasteiger partial charge in [0, 0.05) is 49.4 Å². The molecule has 0 N–H and O–H groups in total. The largest absolute Gasteiger partial charge is 0.340 e. The molecule has 2 aromatic heterocycles. The highest BCUT2D eigenvalue weighted by molar-refractivity contribution is 5.69. The van der Waals surface area contributed by atoms with Crippen LogP contribution in [0.25, 0.3) is 11.4 Å². The van der Waals surface area contributed by atoms with Crippen LogP contribution < -0.4 is 18.9 Å². The first-order valence-electron chi connectivity index (χ1n) is 11.4. The van der Waals surface area contributed by atoms with Crippen molar-refractivity contribution in [1.29, 1.82) is 0 Å². The van der Waals surface area contributed by atoms with E-state index in [9.17, 15) is 0 Å². The maximum atomic E-state index is 2.47. The topological polar surface area (TPSA) is 14.2 Å². The van der Waals surface area contributed by atoms with Crippen molar-refractivity contribution in [1.82, 2.24) is 0 Å². The van der Waals surface area contributed by atoms with E-state index in [1.807, 2.05) is 0 Å². The quantitative estimate of drug-likeness (QED) is 0.449. The Hall–Kier alpha value is -3.66. The molecule has 0 aliphatic carbocycles. The minimum absolute atomic E-state index is 1.02. The zero-order chi connectivity index (χ0) is 21.7. The highest BCUT2D eigenvalue weighted by atomic mass is 15.2. The predicted octanol–water partition coefficient (Wildman–Crippen LogP) is 4.58. The molecule has 0 fully saturated rings. The first kappa shape index (κ1) is 19.1. The zero-order valence-electron chi connectivity index (χ0n) is 18.7. The Morgan fingerprint density at radius 2 is 0.969 bits per heavy atom. The van der Waals surface area contributed by atoms with E-state index in [0.29, 0.717) is 0 Å². The lowest BCUT2D eigenvalue weighted by Crippen LogP contribution is -2.51. The van der Waals surface area contributed by atoms with Crippen LogP contribution in [0.4, 0.5) is 22.7 Å². The van der Waals surface area contributed by atoms with Gasteiger partial charge in [-0.15, -0.1) is 0 Å². The molecule has 4 heterocycles. The molecule has 0 saturated heterocycles. The Balaban J connectivity index is 1.42. The highest BCUT2D eigenvalue weighted by Gasteiger charge is 2.39. The molecule has 0 amide bonds. The van der Waals surface area contributed by atoms with E-state index >= 15 is 0 Å². The molecular weight excluding hydrogens is 392 g/mol. The number of benzene rings is 2. The van der Waals surface area contributed by atoms with Crippen molar-refractivity contribution in [3.05, 3.63) is 96.3 Å². The van der Waals surface area contributed by atoms with Crippen molar-refractivity contribution in [3.8, 4) is 11.4 Å². The maximum absolute atomic E-state index is 2.47. The predicted molar refractivity (Wildman–Crippen MR) is 129 cm³/mol. The Morgan fingerprint density at radius 3 is 1.38 bits per heavy atom. The number of pyridine rings is 2. The number of aromatic nitrogens is 2. The standard InChI is InChI=1S/C28H28N4/c1-29(23-9-5-3-6-10-23)25-17-21-13-16-32-20-26(30(2)24-11-7-4-8-12-24)18-22-14-15-31(19-25)27(21)28(22)32/h3-12,17-20H,13-16H2,1-2H3/q+2.